The van der Waals surface area contributed by atoms with E-state index in [2.05, 4.69) is 39.2 Å². The van der Waals surface area contributed by atoms with E-state index in [9.17, 15) is 4.79 Å². The fourth-order valence-corrected chi connectivity index (χ4v) is 3.44. The number of piperazine rings is 1. The van der Waals surface area contributed by atoms with Crippen LogP contribution in [0.25, 0.3) is 0 Å². The second-order valence-electron chi connectivity index (χ2n) is 5.40. The molecule has 1 aliphatic heterocycles. The van der Waals surface area contributed by atoms with Crippen molar-refractivity contribution in [3.8, 4) is 0 Å². The van der Waals surface area contributed by atoms with E-state index in [-0.39, 0.29) is 6.03 Å². The van der Waals surface area contributed by atoms with Gasteiger partial charge in [-0.25, -0.2) is 14.8 Å². The maximum Gasteiger partial charge on any atom is 0.317 e. The number of urea groups is 1. The van der Waals surface area contributed by atoms with Crippen LogP contribution in [0, 0.1) is 0 Å². The molecule has 7 heteroatoms. The van der Waals surface area contributed by atoms with Crippen molar-refractivity contribution in [3.05, 3.63) is 40.3 Å². The molecule has 0 radical (unpaired) electrons. The molecule has 0 atom stereocenters. The number of thiophene rings is 1. The largest absolute Gasteiger partial charge is 0.337 e. The summed E-state index contributed by atoms with van der Waals surface area (Å²) in [4.78, 5) is 27.3. The summed E-state index contributed by atoms with van der Waals surface area (Å²) < 4.78 is 0. The van der Waals surface area contributed by atoms with Crippen molar-refractivity contribution in [2.45, 2.75) is 19.9 Å². The molecule has 0 spiro atoms. The van der Waals surface area contributed by atoms with Gasteiger partial charge in [-0.2, -0.15) is 0 Å². The van der Waals surface area contributed by atoms with Crippen LogP contribution in [0.2, 0.25) is 0 Å². The second-order valence-corrected chi connectivity index (χ2v) is 6.66. The van der Waals surface area contributed by atoms with Crippen LogP contribution < -0.4 is 10.2 Å². The highest BCUT2D eigenvalue weighted by Crippen LogP contribution is 2.16. The molecule has 3 heterocycles. The van der Waals surface area contributed by atoms with E-state index in [1.54, 1.807) is 23.7 Å². The Morgan fingerprint density at radius 2 is 1.87 bits per heavy atom. The van der Waals surface area contributed by atoms with Crippen LogP contribution in [0.1, 0.15) is 16.7 Å². The van der Waals surface area contributed by atoms with Gasteiger partial charge >= 0.3 is 6.03 Å². The number of nitrogens with zero attached hydrogens (tertiary/aromatic N) is 4. The van der Waals surface area contributed by atoms with Gasteiger partial charge in [0.25, 0.3) is 0 Å². The van der Waals surface area contributed by atoms with E-state index in [1.807, 2.05) is 11.0 Å². The summed E-state index contributed by atoms with van der Waals surface area (Å²) in [6.45, 7) is 5.64. The summed E-state index contributed by atoms with van der Waals surface area (Å²) in [5.74, 6) is 0.734. The van der Waals surface area contributed by atoms with Crippen molar-refractivity contribution in [2.75, 3.05) is 31.1 Å². The van der Waals surface area contributed by atoms with Crippen LogP contribution in [-0.2, 0) is 13.0 Å². The van der Waals surface area contributed by atoms with Crippen LogP contribution in [0.15, 0.2) is 30.6 Å². The molecule has 2 aromatic rings. The third kappa shape index (κ3) is 3.98. The molecule has 0 aromatic carbocycles. The first-order valence-corrected chi connectivity index (χ1v) is 8.70. The maximum atomic E-state index is 12.3. The molecule has 1 aliphatic rings. The average molecular weight is 331 g/mol. The molecular formula is C16H21N5OS. The van der Waals surface area contributed by atoms with Gasteiger partial charge in [0.05, 0.1) is 6.54 Å². The number of amides is 2. The number of aryl methyl sites for hydroxylation is 1. The number of hydrogen-bond acceptors (Lipinski definition) is 5. The smallest absolute Gasteiger partial charge is 0.317 e. The number of carbonyl (C=O) groups is 1. The van der Waals surface area contributed by atoms with Gasteiger partial charge in [-0.3, -0.25) is 0 Å². The van der Waals surface area contributed by atoms with Gasteiger partial charge in [0.1, 0.15) is 0 Å². The van der Waals surface area contributed by atoms with Gasteiger partial charge in [0, 0.05) is 48.3 Å². The lowest BCUT2D eigenvalue weighted by molar-refractivity contribution is 0.194. The summed E-state index contributed by atoms with van der Waals surface area (Å²) in [6.07, 6.45) is 4.53. The predicted molar refractivity (Wildman–Crippen MR) is 91.8 cm³/mol. The van der Waals surface area contributed by atoms with Gasteiger partial charge in [0.15, 0.2) is 0 Å². The Kier molecular flexibility index (Phi) is 5.07. The minimum Gasteiger partial charge on any atom is -0.337 e. The number of hydrogen-bond donors (Lipinski definition) is 1. The standard InChI is InChI=1S/C16H21N5OS/c1-2-13-4-5-14(23-13)12-19-16(22)21-10-8-20(9-11-21)15-17-6-3-7-18-15/h3-7H,2,8-12H2,1H3,(H,19,22). The first-order valence-electron chi connectivity index (χ1n) is 7.88. The number of carbonyl (C=O) groups excluding carboxylic acids is 1. The zero-order valence-electron chi connectivity index (χ0n) is 13.2. The molecule has 1 fully saturated rings. The molecule has 3 rings (SSSR count). The third-order valence-electron chi connectivity index (χ3n) is 3.88. The molecule has 0 bridgehead atoms. The SMILES string of the molecule is CCc1ccc(CNC(=O)N2CCN(c3ncccn3)CC2)s1. The molecule has 2 amide bonds. The highest BCUT2D eigenvalue weighted by atomic mass is 32.1. The first-order chi connectivity index (χ1) is 11.3. The highest BCUT2D eigenvalue weighted by molar-refractivity contribution is 7.11. The Labute approximate surface area is 140 Å². The Morgan fingerprint density at radius 1 is 1.17 bits per heavy atom. The van der Waals surface area contributed by atoms with Crippen molar-refractivity contribution in [1.82, 2.24) is 20.2 Å². The maximum absolute atomic E-state index is 12.3. The topological polar surface area (TPSA) is 61.4 Å². The lowest BCUT2D eigenvalue weighted by atomic mass is 10.3. The first kappa shape index (κ1) is 15.7. The third-order valence-corrected chi connectivity index (χ3v) is 5.11. The highest BCUT2D eigenvalue weighted by Gasteiger charge is 2.22. The van der Waals surface area contributed by atoms with Crippen molar-refractivity contribution >= 4 is 23.3 Å². The number of rotatable bonds is 4. The van der Waals surface area contributed by atoms with E-state index in [0.717, 1.165) is 25.5 Å². The summed E-state index contributed by atoms with van der Waals surface area (Å²) in [7, 11) is 0. The van der Waals surface area contributed by atoms with Crippen LogP contribution in [-0.4, -0.2) is 47.1 Å². The fraction of sp³-hybridized carbons (Fsp3) is 0.438. The molecule has 1 saturated heterocycles. The van der Waals surface area contributed by atoms with Crippen molar-refractivity contribution in [2.24, 2.45) is 0 Å². The Bertz CT molecular complexity index is 637. The Balaban J connectivity index is 1.46. The Hall–Kier alpha value is -2.15. The van der Waals surface area contributed by atoms with Crippen LogP contribution in [0.3, 0.4) is 0 Å². The van der Waals surface area contributed by atoms with E-state index in [1.165, 1.54) is 9.75 Å². The van der Waals surface area contributed by atoms with Crippen molar-refractivity contribution in [3.63, 3.8) is 0 Å². The van der Waals surface area contributed by atoms with Gasteiger partial charge in [0.2, 0.25) is 5.95 Å². The van der Waals surface area contributed by atoms with Crippen molar-refractivity contribution in [1.29, 1.82) is 0 Å². The number of nitrogens with one attached hydrogen (secondary N) is 1. The summed E-state index contributed by atoms with van der Waals surface area (Å²) >= 11 is 1.76. The normalized spacial score (nSPS) is 14.8. The molecule has 6 nitrogen and oxygen atoms in total. The lowest BCUT2D eigenvalue weighted by Gasteiger charge is -2.34. The van der Waals surface area contributed by atoms with Gasteiger partial charge < -0.3 is 15.1 Å². The quantitative estimate of drug-likeness (QED) is 0.932. The summed E-state index contributed by atoms with van der Waals surface area (Å²) in [6, 6.07) is 6.03. The van der Waals surface area contributed by atoms with Gasteiger partial charge in [-0.15, -0.1) is 11.3 Å². The number of anilines is 1. The fourth-order valence-electron chi connectivity index (χ4n) is 2.55. The molecule has 0 saturated carbocycles. The van der Waals surface area contributed by atoms with E-state index >= 15 is 0 Å². The molecule has 0 aliphatic carbocycles. The molecule has 0 unspecified atom stereocenters. The minimum atomic E-state index is 0.00470. The molecule has 122 valence electrons. The van der Waals surface area contributed by atoms with Crippen LogP contribution >= 0.6 is 11.3 Å². The molecule has 23 heavy (non-hydrogen) atoms. The van der Waals surface area contributed by atoms with Gasteiger partial charge in [-0.1, -0.05) is 6.92 Å². The summed E-state index contributed by atoms with van der Waals surface area (Å²) in [5.41, 5.74) is 0. The van der Waals surface area contributed by atoms with E-state index in [0.29, 0.717) is 19.6 Å². The Morgan fingerprint density at radius 3 is 2.52 bits per heavy atom. The average Bonchev–Trinajstić information content (AvgIpc) is 3.09. The van der Waals surface area contributed by atoms with Gasteiger partial charge in [-0.05, 0) is 24.6 Å². The van der Waals surface area contributed by atoms with Crippen LogP contribution in [0.5, 0.6) is 0 Å². The minimum absolute atomic E-state index is 0.00470. The lowest BCUT2D eigenvalue weighted by Crippen LogP contribution is -2.52. The molecular weight excluding hydrogens is 310 g/mol. The predicted octanol–water partition coefficient (Wildman–Crippen LogP) is 2.13. The second kappa shape index (κ2) is 7.41. The number of aromatic nitrogens is 2. The van der Waals surface area contributed by atoms with E-state index in [4.69, 9.17) is 0 Å². The van der Waals surface area contributed by atoms with E-state index < -0.39 is 0 Å². The monoisotopic (exact) mass is 331 g/mol. The van der Waals surface area contributed by atoms with Crippen molar-refractivity contribution < 1.29 is 4.79 Å². The zero-order chi connectivity index (χ0) is 16.1. The molecule has 2 aromatic heterocycles. The molecule has 1 N–H and O–H groups in total. The zero-order valence-corrected chi connectivity index (χ0v) is 14.1. The summed E-state index contributed by atoms with van der Waals surface area (Å²) in [5, 5.41) is 3.01. The van der Waals surface area contributed by atoms with Crippen LogP contribution in [0.4, 0.5) is 10.7 Å².